The average Bonchev–Trinajstić information content (AvgIpc) is 2.97. The summed E-state index contributed by atoms with van der Waals surface area (Å²) in [6.45, 7) is 5.61. The largest absolute Gasteiger partial charge is 0.377 e. The van der Waals surface area contributed by atoms with E-state index in [1.807, 2.05) is 31.2 Å². The fraction of sp³-hybridized carbons (Fsp3) is 0.533. The number of carbonyl (C=O) groups excluding carboxylic acids is 1. The minimum atomic E-state index is 0. The van der Waals surface area contributed by atoms with Gasteiger partial charge in [-0.05, 0) is 31.0 Å². The molecule has 2 N–H and O–H groups in total. The van der Waals surface area contributed by atoms with Crippen LogP contribution in [-0.4, -0.2) is 25.6 Å². The molecule has 0 spiro atoms. The minimum Gasteiger partial charge on any atom is -0.377 e. The van der Waals surface area contributed by atoms with Crippen LogP contribution in [0.3, 0.4) is 0 Å². The van der Waals surface area contributed by atoms with Crippen molar-refractivity contribution in [2.24, 2.45) is 5.92 Å². The average molecular weight is 299 g/mol. The quantitative estimate of drug-likeness (QED) is 0.843. The summed E-state index contributed by atoms with van der Waals surface area (Å²) < 4.78 is 5.44. The minimum absolute atomic E-state index is 0. The molecule has 2 rings (SSSR count). The lowest BCUT2D eigenvalue weighted by atomic mass is 10.1. The van der Waals surface area contributed by atoms with Crippen LogP contribution in [0.25, 0.3) is 0 Å². The Bertz CT molecular complexity index is 420. The molecule has 112 valence electrons. The Kier molecular flexibility index (Phi) is 7.59. The van der Waals surface area contributed by atoms with E-state index in [0.29, 0.717) is 19.8 Å². The SMILES string of the molecule is CCOCc1ccccc1CNC(=O)C1CCNC1.Cl. The molecule has 0 radical (unpaired) electrons. The van der Waals surface area contributed by atoms with Crippen molar-refractivity contribution in [3.63, 3.8) is 0 Å². The van der Waals surface area contributed by atoms with E-state index in [1.165, 1.54) is 0 Å². The van der Waals surface area contributed by atoms with Gasteiger partial charge in [0, 0.05) is 19.7 Å². The van der Waals surface area contributed by atoms with E-state index < -0.39 is 0 Å². The van der Waals surface area contributed by atoms with E-state index >= 15 is 0 Å². The van der Waals surface area contributed by atoms with Crippen LogP contribution in [-0.2, 0) is 22.7 Å². The van der Waals surface area contributed by atoms with Gasteiger partial charge >= 0.3 is 0 Å². The lowest BCUT2D eigenvalue weighted by molar-refractivity contribution is -0.124. The standard InChI is InChI=1S/C15H22N2O2.ClH/c1-2-19-11-14-6-4-3-5-12(14)10-17-15(18)13-7-8-16-9-13;/h3-6,13,16H,2,7-11H2,1H3,(H,17,18);1H. The van der Waals surface area contributed by atoms with Crippen molar-refractivity contribution in [2.45, 2.75) is 26.5 Å². The maximum absolute atomic E-state index is 12.0. The molecule has 0 bridgehead atoms. The number of halogens is 1. The number of benzene rings is 1. The van der Waals surface area contributed by atoms with Gasteiger partial charge in [-0.2, -0.15) is 0 Å². The number of nitrogens with one attached hydrogen (secondary N) is 2. The zero-order chi connectivity index (χ0) is 13.5. The van der Waals surface area contributed by atoms with Crippen LogP contribution in [0.5, 0.6) is 0 Å². The van der Waals surface area contributed by atoms with Crippen molar-refractivity contribution in [3.05, 3.63) is 35.4 Å². The topological polar surface area (TPSA) is 50.4 Å². The smallest absolute Gasteiger partial charge is 0.224 e. The molecule has 1 amide bonds. The van der Waals surface area contributed by atoms with Crippen LogP contribution >= 0.6 is 12.4 Å². The van der Waals surface area contributed by atoms with Crippen LogP contribution in [0, 0.1) is 5.92 Å². The molecule has 1 atom stereocenters. The Morgan fingerprint density at radius 1 is 1.40 bits per heavy atom. The summed E-state index contributed by atoms with van der Waals surface area (Å²) in [5.41, 5.74) is 2.28. The van der Waals surface area contributed by atoms with E-state index in [9.17, 15) is 4.79 Å². The number of rotatable bonds is 6. The Labute approximate surface area is 126 Å². The van der Waals surface area contributed by atoms with Gasteiger partial charge in [-0.3, -0.25) is 4.79 Å². The summed E-state index contributed by atoms with van der Waals surface area (Å²) >= 11 is 0. The van der Waals surface area contributed by atoms with Crippen molar-refractivity contribution in [2.75, 3.05) is 19.7 Å². The molecule has 4 nitrogen and oxygen atoms in total. The van der Waals surface area contributed by atoms with Gasteiger partial charge < -0.3 is 15.4 Å². The first-order chi connectivity index (χ1) is 9.31. The first kappa shape index (κ1) is 17.0. The molecular formula is C15H23ClN2O2. The second-order valence-corrected chi connectivity index (χ2v) is 4.81. The van der Waals surface area contributed by atoms with Crippen LogP contribution < -0.4 is 10.6 Å². The van der Waals surface area contributed by atoms with Crippen LogP contribution in [0.1, 0.15) is 24.5 Å². The summed E-state index contributed by atoms with van der Waals surface area (Å²) in [5.74, 6) is 0.273. The number of amides is 1. The summed E-state index contributed by atoms with van der Waals surface area (Å²) in [7, 11) is 0. The van der Waals surface area contributed by atoms with E-state index in [4.69, 9.17) is 4.74 Å². The fourth-order valence-electron chi connectivity index (χ4n) is 2.29. The Hall–Kier alpha value is -1.10. The third kappa shape index (κ3) is 4.78. The third-order valence-electron chi connectivity index (χ3n) is 3.46. The van der Waals surface area contributed by atoms with Crippen molar-refractivity contribution < 1.29 is 9.53 Å². The molecule has 20 heavy (non-hydrogen) atoms. The lowest BCUT2D eigenvalue weighted by Gasteiger charge is -2.13. The monoisotopic (exact) mass is 298 g/mol. The third-order valence-corrected chi connectivity index (χ3v) is 3.46. The van der Waals surface area contributed by atoms with Gasteiger partial charge in [0.1, 0.15) is 0 Å². The van der Waals surface area contributed by atoms with Gasteiger partial charge in [-0.25, -0.2) is 0 Å². The number of carbonyl (C=O) groups is 1. The highest BCUT2D eigenvalue weighted by molar-refractivity contribution is 5.85. The fourth-order valence-corrected chi connectivity index (χ4v) is 2.29. The maximum atomic E-state index is 12.0. The predicted molar refractivity (Wildman–Crippen MR) is 81.8 cm³/mol. The summed E-state index contributed by atoms with van der Waals surface area (Å²) in [4.78, 5) is 12.0. The molecule has 1 aliphatic heterocycles. The second kappa shape index (κ2) is 8.95. The molecule has 1 aromatic carbocycles. The predicted octanol–water partition coefficient (Wildman–Crippen LogP) is 1.87. The first-order valence-corrected chi connectivity index (χ1v) is 6.94. The van der Waals surface area contributed by atoms with Crippen LogP contribution in [0.4, 0.5) is 0 Å². The highest BCUT2D eigenvalue weighted by Crippen LogP contribution is 2.12. The highest BCUT2D eigenvalue weighted by atomic mass is 35.5. The van der Waals surface area contributed by atoms with Crippen molar-refractivity contribution in [1.29, 1.82) is 0 Å². The zero-order valence-electron chi connectivity index (χ0n) is 11.9. The lowest BCUT2D eigenvalue weighted by Crippen LogP contribution is -2.31. The van der Waals surface area contributed by atoms with E-state index in [0.717, 1.165) is 30.6 Å². The van der Waals surface area contributed by atoms with E-state index in [1.54, 1.807) is 0 Å². The molecule has 5 heteroatoms. The number of hydrogen-bond donors (Lipinski definition) is 2. The Morgan fingerprint density at radius 3 is 2.80 bits per heavy atom. The van der Waals surface area contributed by atoms with E-state index in [2.05, 4.69) is 10.6 Å². The number of ether oxygens (including phenoxy) is 1. The summed E-state index contributed by atoms with van der Waals surface area (Å²) in [6.07, 6.45) is 0.937. The van der Waals surface area contributed by atoms with Gasteiger partial charge in [0.15, 0.2) is 0 Å². The molecular weight excluding hydrogens is 276 g/mol. The summed E-state index contributed by atoms with van der Waals surface area (Å²) in [5, 5.41) is 6.23. The first-order valence-electron chi connectivity index (χ1n) is 6.94. The zero-order valence-corrected chi connectivity index (χ0v) is 12.7. The Morgan fingerprint density at radius 2 is 2.15 bits per heavy atom. The summed E-state index contributed by atoms with van der Waals surface area (Å²) in [6, 6.07) is 8.09. The highest BCUT2D eigenvalue weighted by Gasteiger charge is 2.21. The molecule has 1 aromatic rings. The molecule has 0 saturated carbocycles. The number of hydrogen-bond acceptors (Lipinski definition) is 3. The molecule has 0 aromatic heterocycles. The second-order valence-electron chi connectivity index (χ2n) is 4.81. The molecule has 1 aliphatic rings. The van der Waals surface area contributed by atoms with Gasteiger partial charge in [0.05, 0.1) is 12.5 Å². The maximum Gasteiger partial charge on any atom is 0.224 e. The van der Waals surface area contributed by atoms with Crippen LogP contribution in [0.2, 0.25) is 0 Å². The van der Waals surface area contributed by atoms with E-state index in [-0.39, 0.29) is 24.2 Å². The molecule has 0 aliphatic carbocycles. The van der Waals surface area contributed by atoms with Gasteiger partial charge in [-0.15, -0.1) is 12.4 Å². The van der Waals surface area contributed by atoms with Crippen molar-refractivity contribution in [3.8, 4) is 0 Å². The molecule has 1 heterocycles. The molecule has 1 unspecified atom stereocenters. The van der Waals surface area contributed by atoms with Crippen molar-refractivity contribution >= 4 is 18.3 Å². The molecule has 1 saturated heterocycles. The van der Waals surface area contributed by atoms with Gasteiger partial charge in [0.25, 0.3) is 0 Å². The van der Waals surface area contributed by atoms with Gasteiger partial charge in [0.2, 0.25) is 5.91 Å². The van der Waals surface area contributed by atoms with Crippen LogP contribution in [0.15, 0.2) is 24.3 Å². The normalized spacial score (nSPS) is 17.6. The van der Waals surface area contributed by atoms with Crippen molar-refractivity contribution in [1.82, 2.24) is 10.6 Å². The van der Waals surface area contributed by atoms with Gasteiger partial charge in [-0.1, -0.05) is 24.3 Å². The molecule has 1 fully saturated rings. The Balaban J connectivity index is 0.00000200.